The van der Waals surface area contributed by atoms with Crippen LogP contribution in [0.1, 0.15) is 41.5 Å². The van der Waals surface area contributed by atoms with Crippen molar-refractivity contribution in [3.63, 3.8) is 0 Å². The number of hydrogen-bond donors (Lipinski definition) is 2. The molecule has 0 saturated heterocycles. The average Bonchev–Trinajstić information content (AvgIpc) is 2.89. The van der Waals surface area contributed by atoms with E-state index in [2.05, 4.69) is 20.5 Å². The minimum Gasteiger partial charge on any atom is -0.337 e. The molecular weight excluding hydrogens is 581 g/mol. The molecule has 13 heteroatoms. The number of nitrogens with one attached hydrogen (secondary N) is 2. The summed E-state index contributed by atoms with van der Waals surface area (Å²) in [6.07, 6.45) is -6.11. The maximum absolute atomic E-state index is 13.2. The number of anilines is 1. The monoisotopic (exact) mass is 606 g/mol. The molecule has 0 bridgehead atoms. The minimum absolute atomic E-state index is 0.00513. The number of pyridine rings is 1. The Morgan fingerprint density at radius 2 is 1.55 bits per heavy atom. The molecule has 216 valence electrons. The first-order valence-electron chi connectivity index (χ1n) is 12.2. The highest BCUT2D eigenvalue weighted by molar-refractivity contribution is 6.42. The number of halogens is 8. The number of hydrogen-bond acceptors (Lipinski definition) is 3. The van der Waals surface area contributed by atoms with E-state index in [1.807, 2.05) is 19.1 Å². The second-order valence-corrected chi connectivity index (χ2v) is 9.83. The average molecular weight is 607 g/mol. The van der Waals surface area contributed by atoms with Crippen LogP contribution >= 0.6 is 23.2 Å². The summed E-state index contributed by atoms with van der Waals surface area (Å²) in [4.78, 5) is 18.8. The molecule has 0 aliphatic rings. The number of amides is 2. The van der Waals surface area contributed by atoms with Gasteiger partial charge in [-0.25, -0.2) is 4.79 Å². The third-order valence-corrected chi connectivity index (χ3v) is 6.91. The van der Waals surface area contributed by atoms with Crippen molar-refractivity contribution in [2.45, 2.75) is 38.2 Å². The third-order valence-electron chi connectivity index (χ3n) is 6.17. The van der Waals surface area contributed by atoms with E-state index in [4.69, 9.17) is 23.2 Å². The van der Waals surface area contributed by atoms with E-state index in [-0.39, 0.29) is 18.5 Å². The van der Waals surface area contributed by atoms with Gasteiger partial charge in [0.25, 0.3) is 0 Å². The fourth-order valence-electron chi connectivity index (χ4n) is 4.00. The van der Waals surface area contributed by atoms with E-state index in [1.165, 1.54) is 0 Å². The maximum atomic E-state index is 13.2. The highest BCUT2D eigenvalue weighted by Crippen LogP contribution is 2.37. The molecule has 3 rings (SSSR count). The van der Waals surface area contributed by atoms with E-state index in [0.29, 0.717) is 41.7 Å². The van der Waals surface area contributed by atoms with Crippen LogP contribution in [0, 0.1) is 0 Å². The van der Waals surface area contributed by atoms with Crippen molar-refractivity contribution in [1.82, 2.24) is 15.2 Å². The molecule has 0 radical (unpaired) electrons. The van der Waals surface area contributed by atoms with Gasteiger partial charge in [0, 0.05) is 37.1 Å². The first-order valence-corrected chi connectivity index (χ1v) is 12.9. The molecule has 3 aromatic rings. The zero-order chi connectivity index (χ0) is 29.5. The Morgan fingerprint density at radius 1 is 0.925 bits per heavy atom. The summed E-state index contributed by atoms with van der Waals surface area (Å²) in [6, 6.07) is 8.77. The number of carbonyl (C=O) groups is 1. The quantitative estimate of drug-likeness (QED) is 0.228. The van der Waals surface area contributed by atoms with Crippen LogP contribution in [0.2, 0.25) is 10.0 Å². The van der Waals surface area contributed by atoms with Gasteiger partial charge in [-0.05, 0) is 73.1 Å². The van der Waals surface area contributed by atoms with Gasteiger partial charge in [-0.2, -0.15) is 26.3 Å². The van der Waals surface area contributed by atoms with Crippen molar-refractivity contribution in [2.24, 2.45) is 0 Å². The van der Waals surface area contributed by atoms with Gasteiger partial charge in [0.1, 0.15) is 0 Å². The summed E-state index contributed by atoms with van der Waals surface area (Å²) in [5, 5.41) is 5.29. The van der Waals surface area contributed by atoms with Crippen LogP contribution in [0.4, 0.5) is 36.8 Å². The minimum atomic E-state index is -5.03. The first kappa shape index (κ1) is 31.5. The van der Waals surface area contributed by atoms with Crippen molar-refractivity contribution in [1.29, 1.82) is 0 Å². The lowest BCUT2D eigenvalue weighted by Gasteiger charge is -2.25. The first-order chi connectivity index (χ1) is 18.8. The molecule has 0 spiro atoms. The molecule has 5 nitrogen and oxygen atoms in total. The van der Waals surface area contributed by atoms with Crippen LogP contribution in [-0.2, 0) is 18.9 Å². The van der Waals surface area contributed by atoms with E-state index >= 15 is 0 Å². The lowest BCUT2D eigenvalue weighted by molar-refractivity contribution is -0.143. The van der Waals surface area contributed by atoms with Crippen LogP contribution in [0.25, 0.3) is 0 Å². The molecule has 0 saturated carbocycles. The lowest BCUT2D eigenvalue weighted by atomic mass is 9.95. The summed E-state index contributed by atoms with van der Waals surface area (Å²) < 4.78 is 79.0. The molecule has 1 aromatic heterocycles. The highest BCUT2D eigenvalue weighted by atomic mass is 35.5. The van der Waals surface area contributed by atoms with Gasteiger partial charge in [0.05, 0.1) is 21.2 Å². The molecule has 2 N–H and O–H groups in total. The smallest absolute Gasteiger partial charge is 0.337 e. The van der Waals surface area contributed by atoms with E-state index in [9.17, 15) is 31.1 Å². The maximum Gasteiger partial charge on any atom is 0.416 e. The van der Waals surface area contributed by atoms with Crippen molar-refractivity contribution in [3.05, 3.63) is 93.2 Å². The van der Waals surface area contributed by atoms with Crippen molar-refractivity contribution in [3.8, 4) is 0 Å². The standard InChI is InChI=1S/C27H26Cl2F6N4O/c1-2-39(16-17-5-8-36-9-6-17)10-7-19(18-3-4-23(28)24(29)11-18)15-37-25(40)38-22-13-20(26(30,31)32)12-21(14-22)27(33,34)35/h3-6,8-9,11-14,19H,2,7,10,15-16H2,1H3,(H2,37,38,40). The number of benzene rings is 2. The highest BCUT2D eigenvalue weighted by Gasteiger charge is 2.37. The van der Waals surface area contributed by atoms with Crippen molar-refractivity contribution in [2.75, 3.05) is 25.0 Å². The summed E-state index contributed by atoms with van der Waals surface area (Å²) >= 11 is 12.2. The van der Waals surface area contributed by atoms with Crippen LogP contribution in [0.3, 0.4) is 0 Å². The Labute approximate surface area is 237 Å². The van der Waals surface area contributed by atoms with E-state index < -0.39 is 35.2 Å². The lowest BCUT2D eigenvalue weighted by Crippen LogP contribution is -2.34. The summed E-state index contributed by atoms with van der Waals surface area (Å²) in [5.74, 6) is -0.292. The second kappa shape index (κ2) is 13.6. The number of aromatic nitrogens is 1. The molecule has 0 aliphatic heterocycles. The molecule has 2 aromatic carbocycles. The van der Waals surface area contributed by atoms with Crippen molar-refractivity contribution >= 4 is 34.9 Å². The number of urea groups is 1. The Kier molecular flexibility index (Phi) is 10.7. The van der Waals surface area contributed by atoms with Crippen LogP contribution in [-0.4, -0.2) is 35.5 Å². The zero-order valence-corrected chi connectivity index (χ0v) is 22.7. The number of rotatable bonds is 10. The van der Waals surface area contributed by atoms with Gasteiger partial charge in [-0.3, -0.25) is 9.88 Å². The predicted molar refractivity (Wildman–Crippen MR) is 142 cm³/mol. The Hall–Kier alpha value is -3.02. The van der Waals surface area contributed by atoms with E-state index in [1.54, 1.807) is 30.6 Å². The molecule has 40 heavy (non-hydrogen) atoms. The fraction of sp³-hybridized carbons (Fsp3) is 0.333. The fourth-order valence-corrected chi connectivity index (χ4v) is 4.31. The Bertz CT molecular complexity index is 1260. The molecule has 2 amide bonds. The number of alkyl halides is 6. The second-order valence-electron chi connectivity index (χ2n) is 9.01. The normalized spacial score (nSPS) is 12.8. The SMILES string of the molecule is CCN(CCC(CNC(=O)Nc1cc(C(F)(F)F)cc(C(F)(F)F)c1)c1ccc(Cl)c(Cl)c1)Cc1ccncc1. The van der Waals surface area contributed by atoms with Gasteiger partial charge < -0.3 is 10.6 Å². The topological polar surface area (TPSA) is 57.3 Å². The van der Waals surface area contributed by atoms with Crippen LogP contribution in [0.5, 0.6) is 0 Å². The van der Waals surface area contributed by atoms with Crippen LogP contribution < -0.4 is 10.6 Å². The number of carbonyl (C=O) groups excluding carboxylic acids is 1. The van der Waals surface area contributed by atoms with Gasteiger partial charge in [-0.1, -0.05) is 36.2 Å². The van der Waals surface area contributed by atoms with Gasteiger partial charge >= 0.3 is 18.4 Å². The zero-order valence-electron chi connectivity index (χ0n) is 21.2. The third kappa shape index (κ3) is 9.28. The molecular formula is C27H26Cl2F6N4O. The largest absolute Gasteiger partial charge is 0.416 e. The molecule has 0 fully saturated rings. The van der Waals surface area contributed by atoms with Crippen molar-refractivity contribution < 1.29 is 31.1 Å². The van der Waals surface area contributed by atoms with Gasteiger partial charge in [0.15, 0.2) is 0 Å². The Balaban J connectivity index is 1.74. The molecule has 1 atom stereocenters. The summed E-state index contributed by atoms with van der Waals surface area (Å²) in [6.45, 7) is 4.06. The van der Waals surface area contributed by atoms with E-state index in [0.717, 1.165) is 17.7 Å². The summed E-state index contributed by atoms with van der Waals surface area (Å²) in [7, 11) is 0. The Morgan fingerprint density at radius 3 is 2.10 bits per heavy atom. The molecule has 1 unspecified atom stereocenters. The molecule has 0 aliphatic carbocycles. The summed E-state index contributed by atoms with van der Waals surface area (Å²) in [5.41, 5.74) is -1.87. The predicted octanol–water partition coefficient (Wildman–Crippen LogP) is 8.24. The number of nitrogens with zero attached hydrogens (tertiary/aromatic N) is 2. The van der Waals surface area contributed by atoms with Gasteiger partial charge in [-0.15, -0.1) is 0 Å². The molecule has 1 heterocycles. The van der Waals surface area contributed by atoms with Gasteiger partial charge in [0.2, 0.25) is 0 Å². The van der Waals surface area contributed by atoms with Crippen LogP contribution in [0.15, 0.2) is 60.9 Å².